The van der Waals surface area contributed by atoms with Crippen molar-refractivity contribution in [3.05, 3.63) is 54.0 Å². The van der Waals surface area contributed by atoms with Crippen LogP contribution in [-0.4, -0.2) is 12.2 Å². The molecule has 2 rings (SSSR count). The number of para-hydroxylation sites is 1. The van der Waals surface area contributed by atoms with Gasteiger partial charge in [-0.05, 0) is 18.2 Å². The molecule has 2 aromatic rings. The number of hydrogen-bond donors (Lipinski definition) is 1. The van der Waals surface area contributed by atoms with Crippen LogP contribution in [0.5, 0.6) is 0 Å². The van der Waals surface area contributed by atoms with Crippen LogP contribution in [0, 0.1) is 0 Å². The Bertz CT molecular complexity index is 502. The van der Waals surface area contributed by atoms with Gasteiger partial charge in [0.25, 0.3) is 5.91 Å². The van der Waals surface area contributed by atoms with E-state index < -0.39 is 0 Å². The van der Waals surface area contributed by atoms with E-state index in [4.69, 9.17) is 4.42 Å². The third-order valence-electron chi connectivity index (χ3n) is 2.08. The van der Waals surface area contributed by atoms with Crippen LogP contribution in [0.3, 0.4) is 0 Å². The van der Waals surface area contributed by atoms with Crippen LogP contribution in [-0.2, 0) is 0 Å². The van der Waals surface area contributed by atoms with Crippen molar-refractivity contribution in [2.24, 2.45) is 0 Å². The Hall–Kier alpha value is -2.36. The second-order valence-electron chi connectivity index (χ2n) is 3.14. The molecule has 1 N–H and O–H groups in total. The van der Waals surface area contributed by atoms with Crippen molar-refractivity contribution in [1.29, 1.82) is 0 Å². The Labute approximate surface area is 91.9 Å². The number of hydrogen-bond acceptors (Lipinski definition) is 3. The van der Waals surface area contributed by atoms with Gasteiger partial charge in [-0.2, -0.15) is 0 Å². The summed E-state index contributed by atoms with van der Waals surface area (Å²) in [5, 5.41) is 2.66. The number of aldehydes is 1. The van der Waals surface area contributed by atoms with E-state index in [1.54, 1.807) is 12.1 Å². The summed E-state index contributed by atoms with van der Waals surface area (Å²) < 4.78 is 4.84. The van der Waals surface area contributed by atoms with Gasteiger partial charge in [-0.3, -0.25) is 9.59 Å². The van der Waals surface area contributed by atoms with Gasteiger partial charge >= 0.3 is 0 Å². The quantitative estimate of drug-likeness (QED) is 0.799. The SMILES string of the molecule is O=Cc1occc1C(=O)Nc1ccccc1. The van der Waals surface area contributed by atoms with Gasteiger partial charge in [-0.15, -0.1) is 0 Å². The first-order valence-corrected chi connectivity index (χ1v) is 4.70. The summed E-state index contributed by atoms with van der Waals surface area (Å²) >= 11 is 0. The highest BCUT2D eigenvalue weighted by molar-refractivity contribution is 6.07. The van der Waals surface area contributed by atoms with E-state index in [-0.39, 0.29) is 17.2 Å². The fourth-order valence-corrected chi connectivity index (χ4v) is 1.32. The maximum Gasteiger partial charge on any atom is 0.259 e. The number of carbonyl (C=O) groups is 2. The third-order valence-corrected chi connectivity index (χ3v) is 2.08. The molecule has 0 saturated carbocycles. The minimum atomic E-state index is -0.359. The van der Waals surface area contributed by atoms with E-state index in [0.717, 1.165) is 0 Å². The molecule has 0 aliphatic rings. The van der Waals surface area contributed by atoms with E-state index >= 15 is 0 Å². The zero-order valence-corrected chi connectivity index (χ0v) is 8.34. The average Bonchev–Trinajstić information content (AvgIpc) is 2.78. The Morgan fingerprint density at radius 2 is 1.94 bits per heavy atom. The van der Waals surface area contributed by atoms with Crippen LogP contribution in [0.25, 0.3) is 0 Å². The number of benzene rings is 1. The molecule has 0 atom stereocenters. The number of amides is 1. The summed E-state index contributed by atoms with van der Waals surface area (Å²) in [4.78, 5) is 22.3. The zero-order chi connectivity index (χ0) is 11.4. The zero-order valence-electron chi connectivity index (χ0n) is 8.34. The molecular weight excluding hydrogens is 206 g/mol. The molecule has 0 unspecified atom stereocenters. The number of rotatable bonds is 3. The van der Waals surface area contributed by atoms with Crippen LogP contribution in [0.4, 0.5) is 5.69 Å². The molecule has 0 fully saturated rings. The van der Waals surface area contributed by atoms with Crippen LogP contribution < -0.4 is 5.32 Å². The van der Waals surface area contributed by atoms with Gasteiger partial charge in [0.15, 0.2) is 12.0 Å². The van der Waals surface area contributed by atoms with E-state index in [9.17, 15) is 9.59 Å². The van der Waals surface area contributed by atoms with E-state index in [1.807, 2.05) is 18.2 Å². The first-order chi connectivity index (χ1) is 7.81. The Balaban J connectivity index is 2.18. The summed E-state index contributed by atoms with van der Waals surface area (Å²) in [6.45, 7) is 0. The van der Waals surface area contributed by atoms with E-state index in [0.29, 0.717) is 12.0 Å². The fraction of sp³-hybridized carbons (Fsp3) is 0. The highest BCUT2D eigenvalue weighted by Crippen LogP contribution is 2.12. The molecule has 1 amide bonds. The van der Waals surface area contributed by atoms with Gasteiger partial charge < -0.3 is 9.73 Å². The van der Waals surface area contributed by atoms with Gasteiger partial charge in [-0.1, -0.05) is 18.2 Å². The Morgan fingerprint density at radius 1 is 1.19 bits per heavy atom. The molecule has 0 saturated heterocycles. The van der Waals surface area contributed by atoms with Crippen LogP contribution in [0.15, 0.2) is 47.1 Å². The van der Waals surface area contributed by atoms with E-state index in [1.165, 1.54) is 12.3 Å². The summed E-state index contributed by atoms with van der Waals surface area (Å²) in [5.41, 5.74) is 0.907. The van der Waals surface area contributed by atoms with Gasteiger partial charge in [0.05, 0.1) is 11.8 Å². The molecule has 0 bridgehead atoms. The van der Waals surface area contributed by atoms with Crippen molar-refractivity contribution in [3.8, 4) is 0 Å². The molecule has 16 heavy (non-hydrogen) atoms. The largest absolute Gasteiger partial charge is 0.461 e. The first-order valence-electron chi connectivity index (χ1n) is 4.70. The number of carbonyl (C=O) groups excluding carboxylic acids is 2. The lowest BCUT2D eigenvalue weighted by atomic mass is 10.2. The smallest absolute Gasteiger partial charge is 0.259 e. The summed E-state index contributed by atoms with van der Waals surface area (Å²) in [6, 6.07) is 10.5. The van der Waals surface area contributed by atoms with Crippen molar-refractivity contribution in [1.82, 2.24) is 0 Å². The highest BCUT2D eigenvalue weighted by Gasteiger charge is 2.13. The van der Waals surface area contributed by atoms with Gasteiger partial charge in [0.2, 0.25) is 0 Å². The predicted octanol–water partition coefficient (Wildman–Crippen LogP) is 2.34. The maximum absolute atomic E-state index is 11.7. The molecule has 4 nitrogen and oxygen atoms in total. The standard InChI is InChI=1S/C12H9NO3/c14-8-11-10(6-7-16-11)12(15)13-9-4-2-1-3-5-9/h1-8H,(H,13,15). The maximum atomic E-state index is 11.7. The molecule has 4 heteroatoms. The topological polar surface area (TPSA) is 59.3 Å². The van der Waals surface area contributed by atoms with Crippen molar-refractivity contribution >= 4 is 17.9 Å². The lowest BCUT2D eigenvalue weighted by Crippen LogP contribution is -2.12. The normalized spacial score (nSPS) is 9.75. The number of anilines is 1. The molecule has 0 aliphatic heterocycles. The van der Waals surface area contributed by atoms with Crippen LogP contribution >= 0.6 is 0 Å². The molecule has 0 aliphatic carbocycles. The highest BCUT2D eigenvalue weighted by atomic mass is 16.3. The third kappa shape index (κ3) is 2.00. The second kappa shape index (κ2) is 4.44. The molecule has 0 spiro atoms. The molecule has 1 heterocycles. The lowest BCUT2D eigenvalue weighted by Gasteiger charge is -2.02. The average molecular weight is 215 g/mol. The molecule has 1 aromatic heterocycles. The van der Waals surface area contributed by atoms with Crippen LogP contribution in [0.2, 0.25) is 0 Å². The number of furan rings is 1. The second-order valence-corrected chi connectivity index (χ2v) is 3.14. The molecule has 1 aromatic carbocycles. The predicted molar refractivity (Wildman–Crippen MR) is 58.5 cm³/mol. The van der Waals surface area contributed by atoms with Crippen molar-refractivity contribution in [2.75, 3.05) is 5.32 Å². The summed E-state index contributed by atoms with van der Waals surface area (Å²) in [7, 11) is 0. The van der Waals surface area contributed by atoms with Gasteiger partial charge in [-0.25, -0.2) is 0 Å². The molecule has 80 valence electrons. The number of nitrogens with one attached hydrogen (secondary N) is 1. The molecule has 0 radical (unpaired) electrons. The lowest BCUT2D eigenvalue weighted by molar-refractivity contribution is 0.101. The van der Waals surface area contributed by atoms with Crippen molar-refractivity contribution in [3.63, 3.8) is 0 Å². The minimum Gasteiger partial charge on any atom is -0.461 e. The minimum absolute atomic E-state index is 0.0356. The summed E-state index contributed by atoms with van der Waals surface area (Å²) in [5.74, 6) is -0.324. The van der Waals surface area contributed by atoms with E-state index in [2.05, 4.69) is 5.32 Å². The molecular formula is C12H9NO3. The van der Waals surface area contributed by atoms with Crippen molar-refractivity contribution in [2.45, 2.75) is 0 Å². The van der Waals surface area contributed by atoms with Crippen LogP contribution in [0.1, 0.15) is 20.9 Å². The fourth-order valence-electron chi connectivity index (χ4n) is 1.32. The first kappa shape index (κ1) is 10.2. The Kier molecular flexibility index (Phi) is 2.82. The van der Waals surface area contributed by atoms with Crippen molar-refractivity contribution < 1.29 is 14.0 Å². The summed E-state index contributed by atoms with van der Waals surface area (Å²) in [6.07, 6.45) is 1.82. The monoisotopic (exact) mass is 215 g/mol. The van der Waals surface area contributed by atoms with Gasteiger partial charge in [0.1, 0.15) is 0 Å². The van der Waals surface area contributed by atoms with Gasteiger partial charge in [0, 0.05) is 5.69 Å². The Morgan fingerprint density at radius 3 is 2.62 bits per heavy atom.